The highest BCUT2D eigenvalue weighted by molar-refractivity contribution is 5.82. The number of hydrogen-bond donors (Lipinski definition) is 2. The summed E-state index contributed by atoms with van der Waals surface area (Å²) >= 11 is 0. The van der Waals surface area contributed by atoms with E-state index in [-0.39, 0.29) is 17.9 Å². The van der Waals surface area contributed by atoms with Gasteiger partial charge >= 0.3 is 0 Å². The highest BCUT2D eigenvalue weighted by Gasteiger charge is 2.29. The number of nitrogens with zero attached hydrogens (tertiary/aromatic N) is 2. The Kier molecular flexibility index (Phi) is 5.15. The average Bonchev–Trinajstić information content (AvgIpc) is 2.93. The van der Waals surface area contributed by atoms with Crippen LogP contribution in [0.15, 0.2) is 0 Å². The summed E-state index contributed by atoms with van der Waals surface area (Å²) in [6.45, 7) is 7.02. The van der Waals surface area contributed by atoms with Crippen molar-refractivity contribution in [1.29, 1.82) is 0 Å². The molecular formula is C13H24N4O2. The molecule has 2 aliphatic rings. The number of likely N-dealkylation sites (N-methyl/N-ethyl adjacent to an activating group) is 1. The van der Waals surface area contributed by atoms with E-state index in [1.807, 2.05) is 11.8 Å². The molecule has 19 heavy (non-hydrogen) atoms. The topological polar surface area (TPSA) is 64.7 Å². The van der Waals surface area contributed by atoms with Gasteiger partial charge in [-0.2, -0.15) is 0 Å². The Morgan fingerprint density at radius 3 is 2.58 bits per heavy atom. The normalized spacial score (nSPS) is 24.5. The zero-order chi connectivity index (χ0) is 13.7. The molecule has 0 spiro atoms. The van der Waals surface area contributed by atoms with Crippen LogP contribution in [0.25, 0.3) is 0 Å². The Balaban J connectivity index is 1.72. The first kappa shape index (κ1) is 14.3. The van der Waals surface area contributed by atoms with Crippen LogP contribution in [0.5, 0.6) is 0 Å². The quantitative estimate of drug-likeness (QED) is 0.688. The van der Waals surface area contributed by atoms with Crippen LogP contribution < -0.4 is 10.6 Å². The molecule has 2 saturated heterocycles. The van der Waals surface area contributed by atoms with E-state index in [1.165, 1.54) is 0 Å². The summed E-state index contributed by atoms with van der Waals surface area (Å²) in [7, 11) is 0. The van der Waals surface area contributed by atoms with Gasteiger partial charge in [-0.1, -0.05) is 0 Å². The number of carbonyl (C=O) groups excluding carboxylic acids is 2. The van der Waals surface area contributed by atoms with Gasteiger partial charge in [0.25, 0.3) is 0 Å². The lowest BCUT2D eigenvalue weighted by atomic mass is 10.2. The molecule has 0 aromatic rings. The van der Waals surface area contributed by atoms with Crippen LogP contribution in [0.3, 0.4) is 0 Å². The van der Waals surface area contributed by atoms with Gasteiger partial charge in [-0.15, -0.1) is 0 Å². The molecular weight excluding hydrogens is 244 g/mol. The molecule has 0 aromatic heterocycles. The first-order valence-corrected chi connectivity index (χ1v) is 7.22. The van der Waals surface area contributed by atoms with Gasteiger partial charge in [0.05, 0.1) is 12.6 Å². The molecule has 1 atom stereocenters. The van der Waals surface area contributed by atoms with Crippen molar-refractivity contribution in [3.63, 3.8) is 0 Å². The smallest absolute Gasteiger partial charge is 0.239 e. The van der Waals surface area contributed by atoms with Gasteiger partial charge in [-0.05, 0) is 26.3 Å². The molecule has 2 fully saturated rings. The van der Waals surface area contributed by atoms with Crippen molar-refractivity contribution in [3.8, 4) is 0 Å². The van der Waals surface area contributed by atoms with Gasteiger partial charge in [0.1, 0.15) is 0 Å². The van der Waals surface area contributed by atoms with Crippen molar-refractivity contribution < 1.29 is 9.59 Å². The molecule has 108 valence electrons. The van der Waals surface area contributed by atoms with Gasteiger partial charge in [-0.25, -0.2) is 0 Å². The molecule has 0 unspecified atom stereocenters. The lowest BCUT2D eigenvalue weighted by Gasteiger charge is -2.35. The van der Waals surface area contributed by atoms with Crippen LogP contribution in [0.1, 0.15) is 19.8 Å². The fourth-order valence-electron chi connectivity index (χ4n) is 2.70. The fraction of sp³-hybridized carbons (Fsp3) is 0.846. The van der Waals surface area contributed by atoms with Crippen LogP contribution in [-0.4, -0.2) is 73.5 Å². The van der Waals surface area contributed by atoms with Crippen LogP contribution >= 0.6 is 0 Å². The number of piperazine rings is 1. The predicted octanol–water partition coefficient (Wildman–Crippen LogP) is -0.981. The maximum Gasteiger partial charge on any atom is 0.239 e. The molecule has 0 saturated carbocycles. The Morgan fingerprint density at radius 1 is 1.26 bits per heavy atom. The minimum Gasteiger partial charge on any atom is -0.355 e. The van der Waals surface area contributed by atoms with Gasteiger partial charge in [-0.3, -0.25) is 14.5 Å². The Bertz CT molecular complexity index is 321. The highest BCUT2D eigenvalue weighted by atomic mass is 16.2. The molecule has 2 rings (SSSR count). The minimum absolute atomic E-state index is 0.0231. The largest absolute Gasteiger partial charge is 0.355 e. The van der Waals surface area contributed by atoms with Crippen LogP contribution in [0.4, 0.5) is 0 Å². The van der Waals surface area contributed by atoms with Crippen LogP contribution in [-0.2, 0) is 9.59 Å². The van der Waals surface area contributed by atoms with Crippen molar-refractivity contribution in [2.24, 2.45) is 0 Å². The molecule has 0 bridgehead atoms. The van der Waals surface area contributed by atoms with Gasteiger partial charge in [0.15, 0.2) is 0 Å². The third-order valence-electron chi connectivity index (χ3n) is 3.78. The second-order valence-electron chi connectivity index (χ2n) is 5.20. The van der Waals surface area contributed by atoms with Crippen LogP contribution in [0, 0.1) is 0 Å². The second-order valence-corrected chi connectivity index (χ2v) is 5.20. The summed E-state index contributed by atoms with van der Waals surface area (Å²) in [6.07, 6.45) is 2.05. The zero-order valence-electron chi connectivity index (χ0n) is 11.7. The van der Waals surface area contributed by atoms with E-state index >= 15 is 0 Å². The number of nitrogens with one attached hydrogen (secondary N) is 2. The monoisotopic (exact) mass is 268 g/mol. The predicted molar refractivity (Wildman–Crippen MR) is 72.7 cm³/mol. The molecule has 6 nitrogen and oxygen atoms in total. The number of carbonyl (C=O) groups is 2. The zero-order valence-corrected chi connectivity index (χ0v) is 11.7. The maximum absolute atomic E-state index is 12.2. The Morgan fingerprint density at radius 2 is 2.00 bits per heavy atom. The van der Waals surface area contributed by atoms with Crippen molar-refractivity contribution in [3.05, 3.63) is 0 Å². The molecule has 0 aromatic carbocycles. The summed E-state index contributed by atoms with van der Waals surface area (Å²) < 4.78 is 0. The van der Waals surface area contributed by atoms with Crippen LogP contribution in [0.2, 0.25) is 0 Å². The standard InChI is InChI=1S/C13H24N4O2/c1-2-14-12(18)10-16-6-8-17(9-7-16)13(19)11-4-3-5-15-11/h11,15H,2-10H2,1H3,(H,14,18)/t11-/m1/s1. The van der Waals surface area contributed by atoms with Crippen molar-refractivity contribution >= 4 is 11.8 Å². The van der Waals surface area contributed by atoms with Crippen molar-refractivity contribution in [1.82, 2.24) is 20.4 Å². The minimum atomic E-state index is 0.0231. The fourth-order valence-corrected chi connectivity index (χ4v) is 2.70. The van der Waals surface area contributed by atoms with E-state index in [9.17, 15) is 9.59 Å². The van der Waals surface area contributed by atoms with E-state index in [4.69, 9.17) is 0 Å². The SMILES string of the molecule is CCNC(=O)CN1CCN(C(=O)[C@H]2CCCN2)CC1. The van der Waals surface area contributed by atoms with Crippen molar-refractivity contribution in [2.45, 2.75) is 25.8 Å². The van der Waals surface area contributed by atoms with E-state index in [0.717, 1.165) is 45.6 Å². The Labute approximate surface area is 114 Å². The molecule has 2 aliphatic heterocycles. The summed E-state index contributed by atoms with van der Waals surface area (Å²) in [5.74, 6) is 0.301. The molecule has 2 amide bonds. The summed E-state index contributed by atoms with van der Waals surface area (Å²) in [5, 5.41) is 6.05. The molecule has 0 aliphatic carbocycles. The lowest BCUT2D eigenvalue weighted by Crippen LogP contribution is -2.54. The second kappa shape index (κ2) is 6.86. The third kappa shape index (κ3) is 3.91. The molecule has 0 radical (unpaired) electrons. The molecule has 2 N–H and O–H groups in total. The summed E-state index contributed by atoms with van der Waals surface area (Å²) in [6, 6.07) is 0.0231. The van der Waals surface area contributed by atoms with E-state index in [2.05, 4.69) is 15.5 Å². The summed E-state index contributed by atoms with van der Waals surface area (Å²) in [4.78, 5) is 27.7. The van der Waals surface area contributed by atoms with E-state index in [1.54, 1.807) is 0 Å². The first-order valence-electron chi connectivity index (χ1n) is 7.22. The van der Waals surface area contributed by atoms with Crippen molar-refractivity contribution in [2.75, 3.05) is 45.8 Å². The maximum atomic E-state index is 12.2. The Hall–Kier alpha value is -1.14. The van der Waals surface area contributed by atoms with Gasteiger partial charge in [0.2, 0.25) is 11.8 Å². The number of rotatable bonds is 4. The summed E-state index contributed by atoms with van der Waals surface area (Å²) in [5.41, 5.74) is 0. The van der Waals surface area contributed by atoms with E-state index in [0.29, 0.717) is 13.1 Å². The highest BCUT2D eigenvalue weighted by Crippen LogP contribution is 2.10. The molecule has 6 heteroatoms. The third-order valence-corrected chi connectivity index (χ3v) is 3.78. The van der Waals surface area contributed by atoms with Gasteiger partial charge < -0.3 is 15.5 Å². The average molecular weight is 268 g/mol. The first-order chi connectivity index (χ1) is 9.20. The molecule has 2 heterocycles. The number of hydrogen-bond acceptors (Lipinski definition) is 4. The number of amides is 2. The van der Waals surface area contributed by atoms with E-state index < -0.39 is 0 Å². The van der Waals surface area contributed by atoms with Gasteiger partial charge in [0, 0.05) is 32.7 Å². The lowest BCUT2D eigenvalue weighted by molar-refractivity contribution is -0.135.